The van der Waals surface area contributed by atoms with Crippen molar-refractivity contribution in [2.45, 2.75) is 86.5 Å². The summed E-state index contributed by atoms with van der Waals surface area (Å²) < 4.78 is 20.1. The summed E-state index contributed by atoms with van der Waals surface area (Å²) in [5.41, 5.74) is 4.97. The van der Waals surface area contributed by atoms with Crippen molar-refractivity contribution in [2.24, 2.45) is 9.98 Å². The van der Waals surface area contributed by atoms with E-state index >= 15 is 0 Å². The van der Waals surface area contributed by atoms with Crippen LogP contribution in [0.3, 0.4) is 0 Å². The van der Waals surface area contributed by atoms with Gasteiger partial charge in [0.1, 0.15) is 44.6 Å². The minimum Gasteiger partial charge on any atom is -0.464 e. The standard InChI is InChI=1S/C26H35N5O4S.C16H18N4S.C10H17NO4.2H2/c1-6-34-24(32)21(29-25(33)35-26(3,4)5)16-30-11-13-31(14-12-30)22-18-15-17(2)36-23(18)28-20-10-8-7-9-19(20)27-22;1-11-10-12-15(20-8-6-17-7-9-20)18-13-4-2-3-5-14(13)19-16(12)21-11;1-6-14-8(12)7(2)11-9(13)15-10(3,4)5;;/h7-10,15,21,28H,6,11-14,16H2,1-5H3,(H,29,33);2-5,10,17,19H,6-9H2,1H3;2,6H2,1,3-5H3,(H,11,13);2*1H/i;;;1+1;. The lowest BCUT2D eigenvalue weighted by atomic mass is 10.2. The molecule has 5 N–H and O–H groups in total. The van der Waals surface area contributed by atoms with Gasteiger partial charge in [0.15, 0.2) is 0 Å². The zero-order chi connectivity index (χ0) is 52.2. The molecule has 72 heavy (non-hydrogen) atoms. The molecule has 8 rings (SSSR count). The van der Waals surface area contributed by atoms with Crippen molar-refractivity contribution < 1.29 is 41.0 Å². The predicted octanol–water partition coefficient (Wildman–Crippen LogP) is 9.44. The summed E-state index contributed by atoms with van der Waals surface area (Å²) in [6.07, 6.45) is -1.35. The summed E-state index contributed by atoms with van der Waals surface area (Å²) in [7, 11) is 0. The van der Waals surface area contributed by atoms with Gasteiger partial charge in [-0.2, -0.15) is 0 Å². The minimum absolute atomic E-state index is 0. The second-order valence-corrected chi connectivity index (χ2v) is 21.7. The first kappa shape index (κ1) is 54.8. The number of hydrogen-bond acceptors (Lipinski definition) is 18. The van der Waals surface area contributed by atoms with Crippen LogP contribution in [-0.2, 0) is 28.5 Å². The molecule has 2 amide bonds. The Balaban J connectivity index is 0.000000264. The summed E-state index contributed by atoms with van der Waals surface area (Å²) in [6.45, 7) is 29.4. The lowest BCUT2D eigenvalue weighted by Gasteiger charge is -2.37. The van der Waals surface area contributed by atoms with E-state index in [1.54, 1.807) is 78.1 Å². The zero-order valence-electron chi connectivity index (χ0n) is 43.2. The van der Waals surface area contributed by atoms with Gasteiger partial charge in [-0.05, 0) is 106 Å². The molecule has 4 aliphatic rings. The van der Waals surface area contributed by atoms with Crippen LogP contribution in [0.4, 0.5) is 42.3 Å². The van der Waals surface area contributed by atoms with Crippen molar-refractivity contribution in [2.75, 3.05) is 82.8 Å². The lowest BCUT2D eigenvalue weighted by molar-refractivity contribution is -0.146. The zero-order valence-corrected chi connectivity index (χ0v) is 44.8. The Bertz CT molecular complexity index is 2630. The van der Waals surface area contributed by atoms with E-state index in [-0.39, 0.29) is 21.8 Å². The number of carbonyl (C=O) groups excluding carboxylic acids is 4. The molecule has 2 aromatic carbocycles. The molecule has 0 aliphatic carbocycles. The number of aryl methyl sites for hydroxylation is 2. The second kappa shape index (κ2) is 24.8. The number of rotatable bonds is 8. The lowest BCUT2D eigenvalue weighted by Crippen LogP contribution is -2.55. The van der Waals surface area contributed by atoms with Crippen molar-refractivity contribution in [3.8, 4) is 0 Å². The summed E-state index contributed by atoms with van der Waals surface area (Å²) in [4.78, 5) is 66.6. The first-order valence-electron chi connectivity index (χ1n) is 24.3. The number of amides is 2. The number of benzene rings is 2. The third-order valence-electron chi connectivity index (χ3n) is 10.9. The number of nitrogens with one attached hydrogen (secondary N) is 5. The molecule has 1 atom stereocenters. The van der Waals surface area contributed by atoms with Crippen LogP contribution in [0.15, 0.2) is 82.9 Å². The Morgan fingerprint density at radius 1 is 0.722 bits per heavy atom. The number of alkyl carbamates (subject to hydrolysis) is 2. The van der Waals surface area contributed by atoms with Crippen LogP contribution in [0.5, 0.6) is 0 Å². The van der Waals surface area contributed by atoms with Crippen molar-refractivity contribution in [1.82, 2.24) is 30.7 Å². The number of para-hydroxylation sites is 4. The largest absolute Gasteiger partial charge is 0.464 e. The molecule has 1 unspecified atom stereocenters. The summed E-state index contributed by atoms with van der Waals surface area (Å²) in [6, 6.07) is 20.0. The van der Waals surface area contributed by atoms with Crippen LogP contribution in [0.25, 0.3) is 0 Å². The Morgan fingerprint density at radius 3 is 1.68 bits per heavy atom. The Morgan fingerprint density at radius 2 is 1.19 bits per heavy atom. The minimum atomic E-state index is -0.802. The van der Waals surface area contributed by atoms with Gasteiger partial charge in [-0.3, -0.25) is 10.2 Å². The normalized spacial score (nSPS) is 15.5. The van der Waals surface area contributed by atoms with Gasteiger partial charge < -0.3 is 50.0 Å². The number of fused-ring (bicyclic) bond motifs is 4. The number of anilines is 4. The van der Waals surface area contributed by atoms with E-state index in [9.17, 15) is 19.2 Å². The van der Waals surface area contributed by atoms with Crippen molar-refractivity contribution in [1.29, 1.82) is 0 Å². The number of esters is 2. The van der Waals surface area contributed by atoms with Gasteiger partial charge in [0.05, 0.1) is 47.1 Å². The molecule has 392 valence electrons. The first-order valence-corrected chi connectivity index (χ1v) is 25.9. The maximum absolute atomic E-state index is 12.6. The number of nitrogens with zero attached hydrogens (tertiary/aromatic N) is 5. The topological polar surface area (TPSA) is 200 Å². The number of piperazine rings is 2. The van der Waals surface area contributed by atoms with Crippen LogP contribution in [-0.4, -0.2) is 140 Å². The smallest absolute Gasteiger partial charge is 0.412 e. The molecule has 0 saturated carbocycles. The van der Waals surface area contributed by atoms with Crippen LogP contribution in [0.1, 0.15) is 79.1 Å². The Hall–Kier alpha value is -6.48. The van der Waals surface area contributed by atoms with E-state index in [1.807, 2.05) is 30.3 Å². The molecule has 0 bridgehead atoms. The molecule has 2 aromatic heterocycles. The van der Waals surface area contributed by atoms with Gasteiger partial charge in [-0.1, -0.05) is 30.8 Å². The Labute approximate surface area is 434 Å². The third-order valence-corrected chi connectivity index (χ3v) is 12.8. The number of thiophene rings is 2. The molecule has 4 aromatic rings. The van der Waals surface area contributed by atoms with Crippen molar-refractivity contribution in [3.63, 3.8) is 0 Å². The maximum Gasteiger partial charge on any atom is 0.412 e. The molecule has 4 aliphatic heterocycles. The molecule has 6 heterocycles. The summed E-state index contributed by atoms with van der Waals surface area (Å²) >= 11 is 3.53. The van der Waals surface area contributed by atoms with Gasteiger partial charge in [-0.25, -0.2) is 29.2 Å². The molecular weight excluding hydrogens is 957 g/mol. The number of ether oxygens (including phenoxy) is 4. The number of amidine groups is 2. The highest BCUT2D eigenvalue weighted by atomic mass is 32.1. The van der Waals surface area contributed by atoms with Crippen molar-refractivity contribution in [3.05, 3.63) is 93.8 Å². The quantitative estimate of drug-likeness (QED) is 0.0635. The van der Waals surface area contributed by atoms with Crippen LogP contribution in [0, 0.1) is 13.8 Å². The molecule has 2 fully saturated rings. The van der Waals surface area contributed by atoms with E-state index in [0.717, 1.165) is 97.3 Å². The van der Waals surface area contributed by atoms with Crippen LogP contribution in [0.2, 0.25) is 0 Å². The Kier molecular flexibility index (Phi) is 18.9. The highest BCUT2D eigenvalue weighted by Crippen LogP contribution is 2.40. The molecule has 20 heteroatoms. The highest BCUT2D eigenvalue weighted by Gasteiger charge is 2.32. The average Bonchev–Trinajstić information content (AvgIpc) is 3.77. The summed E-state index contributed by atoms with van der Waals surface area (Å²) in [5.74, 6) is 0.942. The first-order chi connectivity index (χ1) is 34.2. The number of hydrogen-bond donors (Lipinski definition) is 5. The number of carbonyl (C=O) groups is 4. The fourth-order valence-electron chi connectivity index (χ4n) is 7.82. The predicted molar refractivity (Wildman–Crippen MR) is 292 cm³/mol. The average molecular weight is 1030 g/mol. The molecule has 18 nitrogen and oxygen atoms in total. The fourth-order valence-corrected chi connectivity index (χ4v) is 9.66. The second-order valence-electron chi connectivity index (χ2n) is 19.2. The van der Waals surface area contributed by atoms with Gasteiger partial charge in [0, 0.05) is 71.5 Å². The molecule has 0 radical (unpaired) electrons. The van der Waals surface area contributed by atoms with Gasteiger partial charge in [-0.15, -0.1) is 22.7 Å². The fraction of sp³-hybridized carbons (Fsp3) is 0.462. The van der Waals surface area contributed by atoms with Gasteiger partial charge in [0.2, 0.25) is 0 Å². The molecular formula is C52H74N10O8S2. The van der Waals surface area contributed by atoms with E-state index in [0.29, 0.717) is 6.54 Å². The highest BCUT2D eigenvalue weighted by molar-refractivity contribution is 7.17. The van der Waals surface area contributed by atoms with Crippen LogP contribution < -0.4 is 26.6 Å². The number of aliphatic imine (C=N–C) groups is 2. The molecule has 0 spiro atoms. The van der Waals surface area contributed by atoms with E-state index < -0.39 is 41.4 Å². The van der Waals surface area contributed by atoms with Gasteiger partial charge >= 0.3 is 24.1 Å². The SMILES string of the molecule is C=C(NC(=O)OC(C)(C)C)C(=O)OCC.CCOC(=O)C(CN1CCN(C2=Nc3ccccc3Nc3sc(C)cc32)CC1)NC(=O)OC(C)(C)C.Cc1cc2c(s1)Nc1ccccc1N=C2N1CCNCC1.[2HH].[HH]. The van der Waals surface area contributed by atoms with Crippen molar-refractivity contribution >= 4 is 91.2 Å². The van der Waals surface area contributed by atoms with Gasteiger partial charge in [0.25, 0.3) is 0 Å². The maximum atomic E-state index is 12.6. The van der Waals surface area contributed by atoms with E-state index in [2.05, 4.69) is 96.8 Å². The summed E-state index contributed by atoms with van der Waals surface area (Å²) in [5, 5.41) is 17.7. The monoisotopic (exact) mass is 1030 g/mol. The van der Waals surface area contributed by atoms with E-state index in [4.69, 9.17) is 24.2 Å². The van der Waals surface area contributed by atoms with E-state index in [1.165, 1.54) is 20.3 Å². The third kappa shape index (κ3) is 15.8. The van der Waals surface area contributed by atoms with Crippen LogP contribution >= 0.6 is 22.7 Å². The molecule has 2 saturated heterocycles.